The van der Waals surface area contributed by atoms with Gasteiger partial charge in [0.15, 0.2) is 0 Å². The van der Waals surface area contributed by atoms with E-state index in [0.29, 0.717) is 24.9 Å². The standard InChI is InChI=1S/C32H33F4N3O2/c1-20-10-13-23(19-26(20)32(34,35)36)37-30(40)25-8-6-18-39(31(41)28-21(2)7-5-9-27(28)33)29(25)22-11-14-24(15-12-22)38-16-3-4-17-38/h5,7,9-15,19,25,29H,3-4,6,8,16-18H2,1-2H3,(H,37,40). The maximum absolute atomic E-state index is 14.9. The molecule has 0 spiro atoms. The molecule has 1 N–H and O–H groups in total. The first-order valence-electron chi connectivity index (χ1n) is 13.9. The zero-order chi connectivity index (χ0) is 29.3. The number of halogens is 4. The summed E-state index contributed by atoms with van der Waals surface area (Å²) in [5.74, 6) is -2.39. The molecule has 2 unspecified atom stereocenters. The van der Waals surface area contributed by atoms with Crippen LogP contribution in [0.2, 0.25) is 0 Å². The molecule has 0 bridgehead atoms. The highest BCUT2D eigenvalue weighted by molar-refractivity contribution is 5.98. The highest BCUT2D eigenvalue weighted by Crippen LogP contribution is 2.40. The lowest BCUT2D eigenvalue weighted by Crippen LogP contribution is -2.46. The number of piperidine rings is 1. The molecule has 2 saturated heterocycles. The lowest BCUT2D eigenvalue weighted by molar-refractivity contribution is -0.138. The number of amides is 2. The monoisotopic (exact) mass is 567 g/mol. The molecular formula is C32H33F4N3O2. The van der Waals surface area contributed by atoms with E-state index in [1.54, 1.807) is 24.0 Å². The number of hydrogen-bond acceptors (Lipinski definition) is 3. The third kappa shape index (κ3) is 5.94. The molecular weight excluding hydrogens is 534 g/mol. The van der Waals surface area contributed by atoms with Crippen molar-refractivity contribution in [1.29, 1.82) is 0 Å². The number of likely N-dealkylation sites (tertiary alicyclic amines) is 1. The van der Waals surface area contributed by atoms with Crippen molar-refractivity contribution in [3.05, 3.63) is 94.3 Å². The average molecular weight is 568 g/mol. The normalized spacial score (nSPS) is 19.4. The van der Waals surface area contributed by atoms with Gasteiger partial charge in [-0.15, -0.1) is 0 Å². The Hall–Kier alpha value is -3.88. The smallest absolute Gasteiger partial charge is 0.372 e. The summed E-state index contributed by atoms with van der Waals surface area (Å²) in [4.78, 5) is 31.4. The van der Waals surface area contributed by atoms with Crippen LogP contribution in [0.3, 0.4) is 0 Å². The summed E-state index contributed by atoms with van der Waals surface area (Å²) in [6.45, 7) is 5.27. The van der Waals surface area contributed by atoms with Crippen LogP contribution >= 0.6 is 0 Å². The van der Waals surface area contributed by atoms with Gasteiger partial charge in [0, 0.05) is 31.0 Å². The second kappa shape index (κ2) is 11.5. The quantitative estimate of drug-likeness (QED) is 0.330. The van der Waals surface area contributed by atoms with Crippen molar-refractivity contribution < 1.29 is 27.2 Å². The van der Waals surface area contributed by atoms with E-state index in [-0.39, 0.29) is 16.8 Å². The Morgan fingerprint density at radius 1 is 0.878 bits per heavy atom. The molecule has 9 heteroatoms. The summed E-state index contributed by atoms with van der Waals surface area (Å²) >= 11 is 0. The summed E-state index contributed by atoms with van der Waals surface area (Å²) < 4.78 is 55.5. The van der Waals surface area contributed by atoms with Crippen LogP contribution in [-0.4, -0.2) is 36.3 Å². The van der Waals surface area contributed by atoms with Crippen molar-refractivity contribution in [2.24, 2.45) is 5.92 Å². The molecule has 0 radical (unpaired) electrons. The van der Waals surface area contributed by atoms with Crippen molar-refractivity contribution in [2.45, 2.75) is 51.7 Å². The van der Waals surface area contributed by atoms with Gasteiger partial charge in [0.1, 0.15) is 5.82 Å². The molecule has 5 nitrogen and oxygen atoms in total. The lowest BCUT2D eigenvalue weighted by Gasteiger charge is -2.41. The topological polar surface area (TPSA) is 52.7 Å². The average Bonchev–Trinajstić information content (AvgIpc) is 3.48. The molecule has 2 aliphatic rings. The summed E-state index contributed by atoms with van der Waals surface area (Å²) in [5, 5.41) is 2.67. The molecule has 3 aromatic carbocycles. The number of hydrogen-bond donors (Lipinski definition) is 1. The van der Waals surface area contributed by atoms with E-state index in [9.17, 15) is 27.2 Å². The van der Waals surface area contributed by atoms with Gasteiger partial charge in [-0.05, 0) is 86.6 Å². The lowest BCUT2D eigenvalue weighted by atomic mass is 9.83. The van der Waals surface area contributed by atoms with Gasteiger partial charge in [-0.25, -0.2) is 4.39 Å². The Bertz CT molecular complexity index is 1410. The van der Waals surface area contributed by atoms with Gasteiger partial charge in [-0.3, -0.25) is 9.59 Å². The Balaban J connectivity index is 1.50. The highest BCUT2D eigenvalue weighted by Gasteiger charge is 2.41. The molecule has 41 heavy (non-hydrogen) atoms. The fraction of sp³-hybridized carbons (Fsp3) is 0.375. The number of carbonyl (C=O) groups is 2. The molecule has 2 amide bonds. The highest BCUT2D eigenvalue weighted by atomic mass is 19.4. The largest absolute Gasteiger partial charge is 0.416 e. The first kappa shape index (κ1) is 28.6. The van der Waals surface area contributed by atoms with Gasteiger partial charge in [-0.2, -0.15) is 13.2 Å². The van der Waals surface area contributed by atoms with Gasteiger partial charge in [0.05, 0.1) is 23.1 Å². The Morgan fingerprint density at radius 3 is 2.24 bits per heavy atom. The SMILES string of the molecule is Cc1ccc(NC(=O)C2CCCN(C(=O)c3c(C)cccc3F)C2c2ccc(N3CCCC3)cc2)cc1C(F)(F)F. The van der Waals surface area contributed by atoms with Crippen LogP contribution in [0.1, 0.15) is 64.3 Å². The predicted molar refractivity (Wildman–Crippen MR) is 150 cm³/mol. The number of nitrogens with zero attached hydrogens (tertiary/aromatic N) is 2. The van der Waals surface area contributed by atoms with Gasteiger partial charge in [0.25, 0.3) is 5.91 Å². The van der Waals surface area contributed by atoms with Gasteiger partial charge in [-0.1, -0.05) is 30.3 Å². The minimum Gasteiger partial charge on any atom is -0.372 e. The van der Waals surface area contributed by atoms with E-state index in [4.69, 9.17) is 0 Å². The van der Waals surface area contributed by atoms with Crippen LogP contribution in [0.15, 0.2) is 60.7 Å². The van der Waals surface area contributed by atoms with E-state index in [2.05, 4.69) is 10.2 Å². The number of carbonyl (C=O) groups excluding carboxylic acids is 2. The first-order chi connectivity index (χ1) is 19.5. The fourth-order valence-electron chi connectivity index (χ4n) is 6.05. The Labute approximate surface area is 237 Å². The van der Waals surface area contributed by atoms with Crippen LogP contribution < -0.4 is 10.2 Å². The van der Waals surface area contributed by atoms with Gasteiger partial charge < -0.3 is 15.1 Å². The van der Waals surface area contributed by atoms with Crippen molar-refractivity contribution in [2.75, 3.05) is 29.9 Å². The Kier molecular flexibility index (Phi) is 8.07. The summed E-state index contributed by atoms with van der Waals surface area (Å²) in [5.41, 5.74) is 1.48. The van der Waals surface area contributed by atoms with Crippen molar-refractivity contribution in [3.8, 4) is 0 Å². The second-order valence-electron chi connectivity index (χ2n) is 10.9. The molecule has 2 aliphatic heterocycles. The van der Waals surface area contributed by atoms with Crippen LogP contribution in [0.5, 0.6) is 0 Å². The fourth-order valence-corrected chi connectivity index (χ4v) is 6.05. The number of rotatable bonds is 5. The van der Waals surface area contributed by atoms with Crippen molar-refractivity contribution in [3.63, 3.8) is 0 Å². The summed E-state index contributed by atoms with van der Waals surface area (Å²) in [6, 6.07) is 15.1. The van der Waals surface area contributed by atoms with E-state index < -0.39 is 41.3 Å². The Morgan fingerprint density at radius 2 is 1.59 bits per heavy atom. The second-order valence-corrected chi connectivity index (χ2v) is 10.9. The summed E-state index contributed by atoms with van der Waals surface area (Å²) in [7, 11) is 0. The third-order valence-corrected chi connectivity index (χ3v) is 8.18. The van der Waals surface area contributed by atoms with Crippen LogP contribution in [0, 0.1) is 25.6 Å². The molecule has 0 saturated carbocycles. The van der Waals surface area contributed by atoms with Gasteiger partial charge >= 0.3 is 6.18 Å². The van der Waals surface area contributed by atoms with E-state index in [1.807, 2.05) is 24.3 Å². The third-order valence-electron chi connectivity index (χ3n) is 8.18. The number of benzene rings is 3. The maximum atomic E-state index is 14.9. The van der Waals surface area contributed by atoms with Crippen molar-refractivity contribution in [1.82, 2.24) is 4.90 Å². The zero-order valence-electron chi connectivity index (χ0n) is 23.1. The number of alkyl halides is 3. The molecule has 0 aromatic heterocycles. The maximum Gasteiger partial charge on any atom is 0.416 e. The van der Waals surface area contributed by atoms with Gasteiger partial charge in [0.2, 0.25) is 5.91 Å². The minimum atomic E-state index is -4.56. The molecule has 2 heterocycles. The molecule has 216 valence electrons. The van der Waals surface area contributed by atoms with Crippen LogP contribution in [-0.2, 0) is 11.0 Å². The van der Waals surface area contributed by atoms with E-state index in [0.717, 1.165) is 43.2 Å². The molecule has 3 aromatic rings. The zero-order valence-corrected chi connectivity index (χ0v) is 23.1. The molecule has 5 rings (SSSR count). The number of anilines is 2. The van der Waals surface area contributed by atoms with Crippen LogP contribution in [0.4, 0.5) is 28.9 Å². The van der Waals surface area contributed by atoms with E-state index in [1.165, 1.54) is 25.1 Å². The number of aryl methyl sites for hydroxylation is 2. The minimum absolute atomic E-state index is 0.0319. The van der Waals surface area contributed by atoms with E-state index >= 15 is 0 Å². The number of nitrogens with one attached hydrogen (secondary N) is 1. The van der Waals surface area contributed by atoms with Crippen LogP contribution in [0.25, 0.3) is 0 Å². The molecule has 2 fully saturated rings. The predicted octanol–water partition coefficient (Wildman–Crippen LogP) is 7.29. The first-order valence-corrected chi connectivity index (χ1v) is 13.9. The molecule has 0 aliphatic carbocycles. The molecule has 2 atom stereocenters. The summed E-state index contributed by atoms with van der Waals surface area (Å²) in [6.07, 6.45) is -1.42. The van der Waals surface area contributed by atoms with Crippen molar-refractivity contribution >= 4 is 23.2 Å².